The predicted octanol–water partition coefficient (Wildman–Crippen LogP) is 2.57. The van der Waals surface area contributed by atoms with Gasteiger partial charge in [-0.05, 0) is 25.0 Å². The van der Waals surface area contributed by atoms with Crippen LogP contribution < -0.4 is 0 Å². The lowest BCUT2D eigenvalue weighted by molar-refractivity contribution is -0.177. The highest BCUT2D eigenvalue weighted by Crippen LogP contribution is 2.37. The molecule has 3 rings (SSSR count). The number of amides is 2. The average Bonchev–Trinajstić information content (AvgIpc) is 2.73. The fraction of sp³-hybridized carbons (Fsp3) is 0.400. The van der Waals surface area contributed by atoms with Gasteiger partial charge >= 0.3 is 5.97 Å². The highest BCUT2D eigenvalue weighted by Gasteiger charge is 2.42. The van der Waals surface area contributed by atoms with Gasteiger partial charge in [-0.25, -0.2) is 13.6 Å². The first-order valence-electron chi connectivity index (χ1n) is 6.96. The molecule has 1 saturated carbocycles. The molecule has 1 aliphatic heterocycles. The molecule has 0 N–H and O–H groups in total. The van der Waals surface area contributed by atoms with E-state index in [1.54, 1.807) is 12.1 Å². The lowest BCUT2D eigenvalue weighted by Gasteiger charge is -2.27. The van der Waals surface area contributed by atoms with Crippen LogP contribution in [0.3, 0.4) is 0 Å². The summed E-state index contributed by atoms with van der Waals surface area (Å²) in [6, 6.07) is 6.12. The highest BCUT2D eigenvalue weighted by molar-refractivity contribution is 6.20. The van der Waals surface area contributed by atoms with E-state index in [1.807, 2.05) is 0 Å². The molecule has 1 heterocycles. The largest absolute Gasteiger partial charge is 0.336 e. The maximum absolute atomic E-state index is 13.1. The number of hydrogen-bond acceptors (Lipinski definition) is 4. The minimum atomic E-state index is -2.76. The Bertz CT molecular complexity index is 614. The molecule has 2 aliphatic rings. The molecule has 1 aromatic rings. The quantitative estimate of drug-likeness (QED) is 0.788. The van der Waals surface area contributed by atoms with Crippen molar-refractivity contribution < 1.29 is 28.0 Å². The van der Waals surface area contributed by atoms with Crippen LogP contribution in [-0.2, 0) is 9.63 Å². The Morgan fingerprint density at radius 1 is 1.09 bits per heavy atom. The normalized spacial score (nSPS) is 20.9. The van der Waals surface area contributed by atoms with Crippen LogP contribution in [0.25, 0.3) is 0 Å². The lowest BCUT2D eigenvalue weighted by atomic mass is 9.87. The molecule has 0 bridgehead atoms. The van der Waals surface area contributed by atoms with Gasteiger partial charge in [-0.15, -0.1) is 0 Å². The number of nitrogens with zero attached hydrogens (tertiary/aromatic N) is 1. The van der Waals surface area contributed by atoms with Crippen LogP contribution in [0.5, 0.6) is 0 Å². The van der Waals surface area contributed by atoms with Crippen LogP contribution >= 0.6 is 0 Å². The summed E-state index contributed by atoms with van der Waals surface area (Å²) in [4.78, 5) is 40.9. The van der Waals surface area contributed by atoms with Gasteiger partial charge in [-0.3, -0.25) is 9.59 Å². The number of carbonyl (C=O) groups excluding carboxylic acids is 3. The van der Waals surface area contributed by atoms with Gasteiger partial charge in [0.2, 0.25) is 5.92 Å². The second-order valence-electron chi connectivity index (χ2n) is 5.49. The zero-order chi connectivity index (χ0) is 15.9. The van der Waals surface area contributed by atoms with E-state index >= 15 is 0 Å². The van der Waals surface area contributed by atoms with Crippen molar-refractivity contribution >= 4 is 17.8 Å². The monoisotopic (exact) mass is 309 g/mol. The van der Waals surface area contributed by atoms with E-state index in [1.165, 1.54) is 12.1 Å². The SMILES string of the molecule is O=C(ON1C(=O)c2ccccc2C1=O)C1CCC(F)(F)CC1. The fourth-order valence-corrected chi connectivity index (χ4v) is 2.69. The molecule has 5 nitrogen and oxygen atoms in total. The van der Waals surface area contributed by atoms with Gasteiger partial charge in [-0.1, -0.05) is 17.2 Å². The Balaban J connectivity index is 1.69. The highest BCUT2D eigenvalue weighted by atomic mass is 19.3. The Labute approximate surface area is 124 Å². The van der Waals surface area contributed by atoms with Gasteiger partial charge in [0.05, 0.1) is 17.0 Å². The summed E-state index contributed by atoms with van der Waals surface area (Å²) in [5.41, 5.74) is 0.325. The second-order valence-corrected chi connectivity index (χ2v) is 5.49. The lowest BCUT2D eigenvalue weighted by Crippen LogP contribution is -2.37. The zero-order valence-corrected chi connectivity index (χ0v) is 11.6. The van der Waals surface area contributed by atoms with Gasteiger partial charge in [0, 0.05) is 12.8 Å². The van der Waals surface area contributed by atoms with E-state index in [0.717, 1.165) is 0 Å². The maximum atomic E-state index is 13.1. The van der Waals surface area contributed by atoms with E-state index in [4.69, 9.17) is 4.84 Å². The molecule has 22 heavy (non-hydrogen) atoms. The van der Waals surface area contributed by atoms with Crippen molar-refractivity contribution in [2.24, 2.45) is 5.92 Å². The molecule has 1 fully saturated rings. The van der Waals surface area contributed by atoms with E-state index in [-0.39, 0.29) is 24.0 Å². The Morgan fingerprint density at radius 3 is 2.09 bits per heavy atom. The van der Waals surface area contributed by atoms with Crippen molar-refractivity contribution in [1.82, 2.24) is 5.06 Å². The molecule has 2 amide bonds. The first-order valence-corrected chi connectivity index (χ1v) is 6.96. The molecule has 0 atom stereocenters. The summed E-state index contributed by atoms with van der Waals surface area (Å²) >= 11 is 0. The predicted molar refractivity (Wildman–Crippen MR) is 69.9 cm³/mol. The number of fused-ring (bicyclic) bond motifs is 1. The van der Waals surface area contributed by atoms with Crippen molar-refractivity contribution in [1.29, 1.82) is 0 Å². The number of hydroxylamine groups is 2. The molecule has 0 unspecified atom stereocenters. The van der Waals surface area contributed by atoms with Crippen LogP contribution in [0, 0.1) is 5.92 Å². The number of rotatable bonds is 2. The number of benzene rings is 1. The number of carbonyl (C=O) groups is 3. The fourth-order valence-electron chi connectivity index (χ4n) is 2.69. The topological polar surface area (TPSA) is 63.7 Å². The number of hydrogen-bond donors (Lipinski definition) is 0. The third-order valence-corrected chi connectivity index (χ3v) is 3.99. The second kappa shape index (κ2) is 5.15. The van der Waals surface area contributed by atoms with Crippen molar-refractivity contribution in [2.75, 3.05) is 0 Å². The minimum Gasteiger partial charge on any atom is -0.329 e. The Morgan fingerprint density at radius 2 is 1.59 bits per heavy atom. The number of imide groups is 1. The molecule has 116 valence electrons. The van der Waals surface area contributed by atoms with Crippen molar-refractivity contribution in [3.63, 3.8) is 0 Å². The molecule has 1 aromatic carbocycles. The van der Waals surface area contributed by atoms with Crippen LogP contribution in [0.15, 0.2) is 24.3 Å². The first kappa shape index (κ1) is 14.6. The number of halogens is 2. The van der Waals surface area contributed by atoms with Gasteiger partial charge in [-0.2, -0.15) is 0 Å². The van der Waals surface area contributed by atoms with Gasteiger partial charge < -0.3 is 4.84 Å². The molecular weight excluding hydrogens is 296 g/mol. The molecule has 1 aliphatic carbocycles. The van der Waals surface area contributed by atoms with Crippen LogP contribution in [0.1, 0.15) is 46.4 Å². The van der Waals surface area contributed by atoms with Crippen molar-refractivity contribution in [3.05, 3.63) is 35.4 Å². The Hall–Kier alpha value is -2.31. The van der Waals surface area contributed by atoms with Crippen molar-refractivity contribution in [2.45, 2.75) is 31.6 Å². The van der Waals surface area contributed by atoms with Crippen molar-refractivity contribution in [3.8, 4) is 0 Å². The van der Waals surface area contributed by atoms with E-state index in [9.17, 15) is 23.2 Å². The van der Waals surface area contributed by atoms with E-state index in [2.05, 4.69) is 0 Å². The summed E-state index contributed by atoms with van der Waals surface area (Å²) in [5, 5.41) is 0.416. The molecular formula is C15H13F2NO4. The van der Waals surface area contributed by atoms with Crippen LogP contribution in [-0.4, -0.2) is 28.8 Å². The molecule has 7 heteroatoms. The third-order valence-electron chi connectivity index (χ3n) is 3.99. The number of alkyl halides is 2. The summed E-state index contributed by atoms with van der Waals surface area (Å²) in [6.07, 6.45) is -0.826. The van der Waals surface area contributed by atoms with E-state index in [0.29, 0.717) is 5.06 Å². The zero-order valence-electron chi connectivity index (χ0n) is 11.6. The molecule has 0 spiro atoms. The molecule has 0 saturated heterocycles. The third kappa shape index (κ3) is 2.47. The van der Waals surface area contributed by atoms with Gasteiger partial charge in [0.1, 0.15) is 0 Å². The van der Waals surface area contributed by atoms with Crippen LogP contribution in [0.2, 0.25) is 0 Å². The minimum absolute atomic E-state index is 0.0188. The van der Waals surface area contributed by atoms with Crippen LogP contribution in [0.4, 0.5) is 8.78 Å². The Kier molecular flexibility index (Phi) is 3.42. The first-order chi connectivity index (χ1) is 10.4. The summed E-state index contributed by atoms with van der Waals surface area (Å²) < 4.78 is 26.2. The summed E-state index contributed by atoms with van der Waals surface area (Å²) in [6.45, 7) is 0. The van der Waals surface area contributed by atoms with Gasteiger partial charge in [0.25, 0.3) is 11.8 Å². The standard InChI is InChI=1S/C15H13F2NO4/c16-15(17)7-5-9(6-8-15)14(21)22-18-12(19)10-3-1-2-4-11(10)13(18)20/h1-4,9H,5-8H2. The van der Waals surface area contributed by atoms with E-state index < -0.39 is 42.5 Å². The molecule has 0 radical (unpaired) electrons. The smallest absolute Gasteiger partial charge is 0.329 e. The summed E-state index contributed by atoms with van der Waals surface area (Å²) in [5.74, 6) is -5.72. The van der Waals surface area contributed by atoms with Gasteiger partial charge in [0.15, 0.2) is 0 Å². The maximum Gasteiger partial charge on any atom is 0.336 e. The summed E-state index contributed by atoms with van der Waals surface area (Å²) in [7, 11) is 0. The average molecular weight is 309 g/mol. The molecule has 0 aromatic heterocycles.